The van der Waals surface area contributed by atoms with Crippen molar-refractivity contribution in [3.8, 4) is 0 Å². The maximum absolute atomic E-state index is 14.4. The number of ketones is 1. The molecule has 2 bridgehead atoms. The number of hydrogen-bond acceptors (Lipinski definition) is 12. The Hall–Kier alpha value is -0.317. The van der Waals surface area contributed by atoms with E-state index in [1.54, 1.807) is 26.0 Å². The van der Waals surface area contributed by atoms with Crippen LogP contribution in [-0.4, -0.2) is 110 Å². The predicted molar refractivity (Wildman–Crippen MR) is 177 cm³/mol. The summed E-state index contributed by atoms with van der Waals surface area (Å²) >= 11 is 0. The fraction of sp³-hybridized carbons (Fsp3) is 0.676. The van der Waals surface area contributed by atoms with Crippen molar-refractivity contribution in [2.75, 3.05) is 6.61 Å². The summed E-state index contributed by atoms with van der Waals surface area (Å²) in [5, 5.41) is 61.5. The molecule has 15 heteroatoms. The fourth-order valence-electron chi connectivity index (χ4n) is 8.70. The molecule has 0 aromatic heterocycles. The van der Waals surface area contributed by atoms with Crippen molar-refractivity contribution >= 4 is 23.6 Å². The Balaban J connectivity index is 0.00000364. The summed E-state index contributed by atoms with van der Waals surface area (Å²) in [4.78, 5) is 53.5. The maximum Gasteiger partial charge on any atom is 0.337 e. The second kappa shape index (κ2) is 15.9. The SMILES string of the molecule is CC(=O)O[C@H]1[C@@H]2[C@]3(O)CO[C@@H]3C[C@H](O)[C@@]2(C)C(=O)[C@H](O)C2=C(C)C(OC(=O)[C@H](O)[C@H](C)NC(=O)c3ccc(C(C)(C)C)cc3)C[C@]1(O)C2(C)C.[Ac].[Ac]. The van der Waals surface area contributed by atoms with E-state index in [0.29, 0.717) is 5.56 Å². The van der Waals surface area contributed by atoms with E-state index in [2.05, 4.69) is 5.32 Å². The van der Waals surface area contributed by atoms with Gasteiger partial charge in [0.1, 0.15) is 29.5 Å². The van der Waals surface area contributed by atoms with Crippen LogP contribution >= 0.6 is 0 Å². The van der Waals surface area contributed by atoms with Crippen LogP contribution in [0.1, 0.15) is 91.1 Å². The number of aliphatic hydroxyl groups is 5. The molecule has 13 nitrogen and oxygen atoms in total. The van der Waals surface area contributed by atoms with Gasteiger partial charge in [0.25, 0.3) is 5.91 Å². The van der Waals surface area contributed by atoms with Crippen LogP contribution in [0.25, 0.3) is 0 Å². The van der Waals surface area contributed by atoms with Crippen LogP contribution in [0, 0.1) is 105 Å². The third-order valence-electron chi connectivity index (χ3n) is 12.0. The number of esters is 2. The van der Waals surface area contributed by atoms with Crippen molar-refractivity contribution in [1.82, 2.24) is 5.32 Å². The average Bonchev–Trinajstić information content (AvgIpc) is 3.02. The third kappa shape index (κ3) is 7.45. The minimum absolute atomic E-state index is 0. The number of ether oxygens (including phenoxy) is 3. The number of amides is 1. The number of carbonyl (C=O) groups excluding carboxylic acids is 4. The summed E-state index contributed by atoms with van der Waals surface area (Å²) in [7, 11) is 0. The van der Waals surface area contributed by atoms with Gasteiger partial charge in [-0.2, -0.15) is 0 Å². The van der Waals surface area contributed by atoms with Crippen molar-refractivity contribution in [3.63, 3.8) is 0 Å². The number of carbonyl (C=O) groups is 4. The number of aliphatic hydroxyl groups excluding tert-OH is 3. The topological polar surface area (TPSA) is 209 Å². The van der Waals surface area contributed by atoms with E-state index in [0.717, 1.165) is 12.5 Å². The number of nitrogens with one attached hydrogen (secondary N) is 1. The minimum atomic E-state index is -2.21. The zero-order valence-corrected chi connectivity index (χ0v) is 40.8. The second-order valence-corrected chi connectivity index (χ2v) is 16.4. The van der Waals surface area contributed by atoms with Crippen molar-refractivity contribution in [2.45, 2.75) is 134 Å². The zero-order valence-electron chi connectivity index (χ0n) is 31.3. The molecule has 52 heavy (non-hydrogen) atoms. The van der Waals surface area contributed by atoms with Crippen LogP contribution in [0.15, 0.2) is 35.4 Å². The molecule has 1 aromatic rings. The van der Waals surface area contributed by atoms with Gasteiger partial charge in [-0.05, 0) is 55.0 Å². The maximum atomic E-state index is 14.4. The van der Waals surface area contributed by atoms with Crippen LogP contribution < -0.4 is 5.32 Å². The number of Topliss-reactive ketones (excluding diaryl/α,β-unsaturated/α-hetero) is 1. The van der Waals surface area contributed by atoms with Gasteiger partial charge in [0, 0.05) is 125 Å². The molecule has 3 fully saturated rings. The zero-order chi connectivity index (χ0) is 37.5. The van der Waals surface area contributed by atoms with E-state index in [9.17, 15) is 44.7 Å². The fourth-order valence-corrected chi connectivity index (χ4v) is 8.70. The first-order chi connectivity index (χ1) is 22.9. The first kappa shape index (κ1) is 46.1. The van der Waals surface area contributed by atoms with Crippen molar-refractivity contribution in [1.29, 1.82) is 0 Å². The average molecular weight is 1160 g/mol. The summed E-state index contributed by atoms with van der Waals surface area (Å²) in [6.45, 7) is 14.4. The van der Waals surface area contributed by atoms with Gasteiger partial charge in [0.2, 0.25) is 0 Å². The monoisotopic (exact) mass is 1160 g/mol. The van der Waals surface area contributed by atoms with Crippen molar-refractivity contribution in [3.05, 3.63) is 46.5 Å². The molecule has 4 aliphatic rings. The molecule has 1 aromatic carbocycles. The first-order valence-corrected chi connectivity index (χ1v) is 17.1. The minimum Gasteiger partial charge on any atom is -0.459 e. The van der Waals surface area contributed by atoms with Gasteiger partial charge >= 0.3 is 11.9 Å². The number of rotatable bonds is 6. The first-order valence-electron chi connectivity index (χ1n) is 17.1. The summed E-state index contributed by atoms with van der Waals surface area (Å²) in [5.74, 6) is -4.84. The molecular formula is C37H51Ac2NO12. The number of benzene rings is 1. The van der Waals surface area contributed by atoms with Gasteiger partial charge < -0.3 is 45.1 Å². The number of fused-ring (bicyclic) bond motifs is 5. The Kier molecular flexibility index (Phi) is 14.1. The molecular weight excluding hydrogens is 1100 g/mol. The molecule has 3 aliphatic carbocycles. The molecule has 1 heterocycles. The molecule has 5 rings (SSSR count). The molecule has 6 N–H and O–H groups in total. The Bertz CT molecular complexity index is 1610. The van der Waals surface area contributed by atoms with E-state index >= 15 is 0 Å². The molecule has 1 amide bonds. The summed E-state index contributed by atoms with van der Waals surface area (Å²) in [6.07, 6.45) is -9.74. The predicted octanol–water partition coefficient (Wildman–Crippen LogP) is 1.24. The van der Waals surface area contributed by atoms with Crippen molar-refractivity contribution < 1.29 is 147 Å². The molecule has 1 unspecified atom stereocenters. The van der Waals surface area contributed by atoms with Crippen LogP contribution in [0.4, 0.5) is 0 Å². The molecule has 11 atom stereocenters. The largest absolute Gasteiger partial charge is 0.459 e. The van der Waals surface area contributed by atoms with Crippen LogP contribution in [0.2, 0.25) is 0 Å². The molecule has 282 valence electrons. The van der Waals surface area contributed by atoms with Gasteiger partial charge in [-0.3, -0.25) is 14.4 Å². The Morgan fingerprint density at radius 3 is 2.10 bits per heavy atom. The van der Waals surface area contributed by atoms with Gasteiger partial charge in [0.05, 0.1) is 30.3 Å². The van der Waals surface area contributed by atoms with Gasteiger partial charge in [-0.25, -0.2) is 4.79 Å². The Morgan fingerprint density at radius 2 is 1.60 bits per heavy atom. The summed E-state index contributed by atoms with van der Waals surface area (Å²) in [5.41, 5.74) is -6.02. The van der Waals surface area contributed by atoms with E-state index < -0.39 is 101 Å². The van der Waals surface area contributed by atoms with E-state index in [1.807, 2.05) is 32.9 Å². The number of hydrogen-bond donors (Lipinski definition) is 6. The Morgan fingerprint density at radius 1 is 1.02 bits per heavy atom. The van der Waals surface area contributed by atoms with E-state index in [1.165, 1.54) is 20.8 Å². The Labute approximate surface area is 376 Å². The van der Waals surface area contributed by atoms with Crippen LogP contribution in [0.3, 0.4) is 0 Å². The van der Waals surface area contributed by atoms with Gasteiger partial charge in [0.15, 0.2) is 11.9 Å². The molecule has 2 radical (unpaired) electrons. The summed E-state index contributed by atoms with van der Waals surface area (Å²) < 4.78 is 17.1. The quantitative estimate of drug-likeness (QED) is 0.176. The normalized spacial score (nSPS) is 36.1. The second-order valence-electron chi connectivity index (χ2n) is 16.4. The molecule has 0 spiro atoms. The molecule has 1 saturated heterocycles. The third-order valence-corrected chi connectivity index (χ3v) is 12.0. The van der Waals surface area contributed by atoms with E-state index in [4.69, 9.17) is 14.2 Å². The molecule has 2 saturated carbocycles. The smallest absolute Gasteiger partial charge is 0.337 e. The standard InChI is InChI=1S/C37H51NO12.2Ac/c1-17-22(50-32(45)26(41)18(2)38-31(44)20-10-12-21(13-11-20)33(4,5)6)15-37(47)30(49-19(3)39)28-35(9,23(40)14-24-36(28,46)16-48-24)29(43)27(42)25(17)34(37,7)8;;/h10-13,18,22-24,26-28,30,40-42,46-47H,14-16H2,1-9H3,(H,38,44);;/t18-,22?,23-,24+,26+,27+,28-,30-,35+,36-,37+;;/m0../s1. The van der Waals surface area contributed by atoms with Crippen LogP contribution in [0.5, 0.6) is 0 Å². The van der Waals surface area contributed by atoms with Gasteiger partial charge in [-0.15, -0.1) is 0 Å². The van der Waals surface area contributed by atoms with Crippen LogP contribution in [-0.2, 0) is 34.0 Å². The molecule has 1 aliphatic heterocycles. The van der Waals surface area contributed by atoms with Gasteiger partial charge in [-0.1, -0.05) is 46.8 Å². The van der Waals surface area contributed by atoms with E-state index in [-0.39, 0.29) is 118 Å². The van der Waals surface area contributed by atoms with Crippen molar-refractivity contribution in [2.24, 2.45) is 16.7 Å². The summed E-state index contributed by atoms with van der Waals surface area (Å²) in [6, 6.07) is 5.83.